The minimum absolute atomic E-state index is 0.188. The summed E-state index contributed by atoms with van der Waals surface area (Å²) >= 11 is 9.41. The highest BCUT2D eigenvalue weighted by molar-refractivity contribution is 9.10. The van der Waals surface area contributed by atoms with E-state index in [1.165, 1.54) is 6.07 Å². The number of hydrogen-bond donors (Lipinski definition) is 1. The van der Waals surface area contributed by atoms with Crippen molar-refractivity contribution in [1.82, 2.24) is 0 Å². The molecule has 1 unspecified atom stereocenters. The predicted octanol–water partition coefficient (Wildman–Crippen LogP) is 4.84. The largest absolute Gasteiger partial charge is 0.486 e. The molecule has 0 heterocycles. The Bertz CT molecular complexity index is 619. The second kappa shape index (κ2) is 6.57. The third-order valence-corrected chi connectivity index (χ3v) is 3.73. The zero-order valence-electron chi connectivity index (χ0n) is 10.9. The highest BCUT2D eigenvalue weighted by Crippen LogP contribution is 2.25. The van der Waals surface area contributed by atoms with Crippen molar-refractivity contribution < 1.29 is 9.13 Å². The first-order valence-corrected chi connectivity index (χ1v) is 7.26. The molecule has 0 amide bonds. The van der Waals surface area contributed by atoms with E-state index in [4.69, 9.17) is 22.1 Å². The molecular weight excluding hydrogens is 345 g/mol. The van der Waals surface area contributed by atoms with Gasteiger partial charge in [-0.1, -0.05) is 39.7 Å². The van der Waals surface area contributed by atoms with Crippen molar-refractivity contribution in [2.45, 2.75) is 19.6 Å². The average molecular weight is 359 g/mol. The van der Waals surface area contributed by atoms with Crippen LogP contribution in [0.1, 0.15) is 24.1 Å². The standard InChI is InChI=1S/C15H14BrClFNO/c1-9(19)10-3-5-15(14(18)6-10)20-8-11-2-4-12(16)7-13(11)17/h2-7,9H,8,19H2,1H3. The number of hydrogen-bond acceptors (Lipinski definition) is 2. The Kier molecular flexibility index (Phi) is 5.02. The van der Waals surface area contributed by atoms with E-state index in [2.05, 4.69) is 15.9 Å². The maximum Gasteiger partial charge on any atom is 0.165 e. The molecule has 0 aliphatic carbocycles. The van der Waals surface area contributed by atoms with Crippen LogP contribution < -0.4 is 10.5 Å². The Morgan fingerprint density at radius 1 is 1.30 bits per heavy atom. The quantitative estimate of drug-likeness (QED) is 0.848. The van der Waals surface area contributed by atoms with Crippen LogP contribution in [-0.4, -0.2) is 0 Å². The van der Waals surface area contributed by atoms with Crippen molar-refractivity contribution in [1.29, 1.82) is 0 Å². The SMILES string of the molecule is CC(N)c1ccc(OCc2ccc(Br)cc2Cl)c(F)c1. The van der Waals surface area contributed by atoms with Crippen LogP contribution in [0.3, 0.4) is 0 Å². The van der Waals surface area contributed by atoms with E-state index in [9.17, 15) is 4.39 Å². The van der Waals surface area contributed by atoms with E-state index in [0.717, 1.165) is 15.6 Å². The summed E-state index contributed by atoms with van der Waals surface area (Å²) < 4.78 is 20.2. The summed E-state index contributed by atoms with van der Waals surface area (Å²) in [5.41, 5.74) is 7.23. The van der Waals surface area contributed by atoms with Gasteiger partial charge in [0.2, 0.25) is 0 Å². The zero-order chi connectivity index (χ0) is 14.7. The number of benzene rings is 2. The Hall–Kier alpha value is -1.10. The second-order valence-electron chi connectivity index (χ2n) is 4.50. The Morgan fingerprint density at radius 3 is 2.65 bits per heavy atom. The van der Waals surface area contributed by atoms with Crippen LogP contribution in [0.15, 0.2) is 40.9 Å². The maximum atomic E-state index is 13.9. The Morgan fingerprint density at radius 2 is 2.05 bits per heavy atom. The molecule has 0 saturated heterocycles. The third kappa shape index (κ3) is 3.72. The van der Waals surface area contributed by atoms with E-state index < -0.39 is 5.82 Å². The van der Waals surface area contributed by atoms with Gasteiger partial charge in [-0.15, -0.1) is 0 Å². The van der Waals surface area contributed by atoms with Gasteiger partial charge in [-0.3, -0.25) is 0 Å². The van der Waals surface area contributed by atoms with Gasteiger partial charge in [-0.05, 0) is 36.8 Å². The molecule has 106 valence electrons. The predicted molar refractivity (Wildman–Crippen MR) is 82.5 cm³/mol. The molecule has 2 rings (SSSR count). The molecule has 0 spiro atoms. The molecule has 0 radical (unpaired) electrons. The smallest absolute Gasteiger partial charge is 0.165 e. The lowest BCUT2D eigenvalue weighted by Gasteiger charge is -2.11. The van der Waals surface area contributed by atoms with Crippen molar-refractivity contribution in [2.75, 3.05) is 0 Å². The topological polar surface area (TPSA) is 35.2 Å². The van der Waals surface area contributed by atoms with E-state index in [1.54, 1.807) is 25.1 Å². The van der Waals surface area contributed by atoms with Crippen LogP contribution in [-0.2, 0) is 6.61 Å². The molecule has 0 saturated carbocycles. The van der Waals surface area contributed by atoms with Gasteiger partial charge < -0.3 is 10.5 Å². The summed E-state index contributed by atoms with van der Waals surface area (Å²) in [5.74, 6) is -0.235. The molecule has 1 atom stereocenters. The van der Waals surface area contributed by atoms with Crippen molar-refractivity contribution in [3.05, 3.63) is 62.8 Å². The minimum Gasteiger partial charge on any atom is -0.486 e. The first-order chi connectivity index (χ1) is 9.47. The number of ether oxygens (including phenoxy) is 1. The molecule has 2 nitrogen and oxygen atoms in total. The lowest BCUT2D eigenvalue weighted by atomic mass is 10.1. The van der Waals surface area contributed by atoms with E-state index in [-0.39, 0.29) is 18.4 Å². The van der Waals surface area contributed by atoms with Crippen LogP contribution in [0.2, 0.25) is 5.02 Å². The van der Waals surface area contributed by atoms with E-state index >= 15 is 0 Å². The molecule has 20 heavy (non-hydrogen) atoms. The number of rotatable bonds is 4. The van der Waals surface area contributed by atoms with Crippen molar-refractivity contribution in [2.24, 2.45) is 5.73 Å². The average Bonchev–Trinajstić information content (AvgIpc) is 2.38. The lowest BCUT2D eigenvalue weighted by molar-refractivity contribution is 0.290. The normalized spacial score (nSPS) is 12.2. The molecule has 5 heteroatoms. The minimum atomic E-state index is -0.423. The van der Waals surface area contributed by atoms with Gasteiger partial charge in [0.25, 0.3) is 0 Å². The van der Waals surface area contributed by atoms with Crippen LogP contribution in [0.25, 0.3) is 0 Å². The summed E-state index contributed by atoms with van der Waals surface area (Å²) in [5, 5.41) is 0.576. The van der Waals surface area contributed by atoms with Crippen molar-refractivity contribution in [3.63, 3.8) is 0 Å². The first-order valence-electron chi connectivity index (χ1n) is 6.09. The van der Waals surface area contributed by atoms with Crippen molar-refractivity contribution in [3.8, 4) is 5.75 Å². The van der Waals surface area contributed by atoms with E-state index in [1.807, 2.05) is 12.1 Å². The molecular formula is C15H14BrClFNO. The Labute approximate surface area is 130 Å². The molecule has 2 aromatic carbocycles. The second-order valence-corrected chi connectivity index (χ2v) is 5.83. The zero-order valence-corrected chi connectivity index (χ0v) is 13.2. The lowest BCUT2D eigenvalue weighted by Crippen LogP contribution is -2.06. The fourth-order valence-electron chi connectivity index (χ4n) is 1.71. The summed E-state index contributed by atoms with van der Waals surface area (Å²) in [7, 11) is 0. The van der Waals surface area contributed by atoms with Gasteiger partial charge in [-0.25, -0.2) is 4.39 Å². The van der Waals surface area contributed by atoms with Crippen LogP contribution in [0.5, 0.6) is 5.75 Å². The van der Waals surface area contributed by atoms with Gasteiger partial charge in [0.1, 0.15) is 6.61 Å². The maximum absolute atomic E-state index is 13.9. The summed E-state index contributed by atoms with van der Waals surface area (Å²) in [4.78, 5) is 0. The molecule has 2 aromatic rings. The summed E-state index contributed by atoms with van der Waals surface area (Å²) in [6.07, 6.45) is 0. The fourth-order valence-corrected chi connectivity index (χ4v) is 2.44. The molecule has 0 bridgehead atoms. The highest BCUT2D eigenvalue weighted by atomic mass is 79.9. The van der Waals surface area contributed by atoms with Gasteiger partial charge in [-0.2, -0.15) is 0 Å². The first kappa shape index (κ1) is 15.3. The van der Waals surface area contributed by atoms with Gasteiger partial charge in [0.15, 0.2) is 11.6 Å². The molecule has 0 aliphatic rings. The van der Waals surface area contributed by atoms with Crippen LogP contribution in [0.4, 0.5) is 4.39 Å². The summed E-state index contributed by atoms with van der Waals surface area (Å²) in [6.45, 7) is 2.01. The molecule has 2 N–H and O–H groups in total. The monoisotopic (exact) mass is 357 g/mol. The van der Waals surface area contributed by atoms with Crippen LogP contribution in [0, 0.1) is 5.82 Å². The van der Waals surface area contributed by atoms with E-state index in [0.29, 0.717) is 5.02 Å². The Balaban J connectivity index is 2.11. The fraction of sp³-hybridized carbons (Fsp3) is 0.200. The van der Waals surface area contributed by atoms with Crippen LogP contribution >= 0.6 is 27.5 Å². The van der Waals surface area contributed by atoms with Gasteiger partial charge >= 0.3 is 0 Å². The number of nitrogens with two attached hydrogens (primary N) is 1. The number of halogens is 3. The van der Waals surface area contributed by atoms with Crippen molar-refractivity contribution >= 4 is 27.5 Å². The van der Waals surface area contributed by atoms with Gasteiger partial charge in [0.05, 0.1) is 0 Å². The van der Waals surface area contributed by atoms with Gasteiger partial charge in [0, 0.05) is 21.1 Å². The molecule has 0 fully saturated rings. The molecule has 0 aromatic heterocycles. The highest BCUT2D eigenvalue weighted by Gasteiger charge is 2.08. The summed E-state index contributed by atoms with van der Waals surface area (Å²) in [6, 6.07) is 9.99. The molecule has 0 aliphatic heterocycles. The third-order valence-electron chi connectivity index (χ3n) is 2.88.